The number of ether oxygens (including phenoxy) is 1. The number of nitrogens with one attached hydrogen (secondary N) is 1. The molecule has 0 aromatic rings. The topological polar surface area (TPSA) is 24.5 Å². The van der Waals surface area contributed by atoms with Gasteiger partial charge in [0.05, 0.1) is 5.60 Å². The molecule has 0 aromatic carbocycles. The molecule has 1 aliphatic carbocycles. The molecule has 0 aromatic heterocycles. The van der Waals surface area contributed by atoms with Crippen LogP contribution in [-0.2, 0) is 4.74 Å². The smallest absolute Gasteiger partial charge is 0.0697 e. The fourth-order valence-corrected chi connectivity index (χ4v) is 4.18. The molecule has 2 heterocycles. The van der Waals surface area contributed by atoms with Crippen LogP contribution in [0.1, 0.15) is 57.8 Å². The molecule has 110 valence electrons. The van der Waals surface area contributed by atoms with Crippen LogP contribution in [-0.4, -0.2) is 49.3 Å². The van der Waals surface area contributed by atoms with Crippen LogP contribution in [0.25, 0.3) is 0 Å². The Bertz CT molecular complexity index is 270. The first-order valence-electron chi connectivity index (χ1n) is 8.46. The van der Waals surface area contributed by atoms with Crippen molar-refractivity contribution in [3.05, 3.63) is 0 Å². The molecule has 3 rings (SSSR count). The van der Waals surface area contributed by atoms with Crippen LogP contribution >= 0.6 is 0 Å². The van der Waals surface area contributed by atoms with Crippen LogP contribution in [0.2, 0.25) is 0 Å². The second-order valence-corrected chi connectivity index (χ2v) is 6.78. The second kappa shape index (κ2) is 6.55. The summed E-state index contributed by atoms with van der Waals surface area (Å²) in [6.07, 6.45) is 12.1. The lowest BCUT2D eigenvalue weighted by Gasteiger charge is -2.39. The van der Waals surface area contributed by atoms with Crippen LogP contribution in [0, 0.1) is 0 Å². The van der Waals surface area contributed by atoms with Gasteiger partial charge in [0.25, 0.3) is 0 Å². The Kier molecular flexibility index (Phi) is 4.78. The molecule has 1 atom stereocenters. The van der Waals surface area contributed by atoms with Crippen molar-refractivity contribution in [2.24, 2.45) is 0 Å². The Balaban J connectivity index is 1.37. The third kappa shape index (κ3) is 3.71. The van der Waals surface area contributed by atoms with Crippen LogP contribution < -0.4 is 5.32 Å². The zero-order valence-electron chi connectivity index (χ0n) is 12.3. The van der Waals surface area contributed by atoms with E-state index >= 15 is 0 Å². The minimum atomic E-state index is 0.265. The molecule has 1 unspecified atom stereocenters. The summed E-state index contributed by atoms with van der Waals surface area (Å²) >= 11 is 0. The van der Waals surface area contributed by atoms with Gasteiger partial charge in [-0.3, -0.25) is 0 Å². The van der Waals surface area contributed by atoms with Crippen molar-refractivity contribution >= 4 is 0 Å². The van der Waals surface area contributed by atoms with E-state index in [1.54, 1.807) is 0 Å². The van der Waals surface area contributed by atoms with E-state index in [1.165, 1.54) is 84.0 Å². The summed E-state index contributed by atoms with van der Waals surface area (Å²) < 4.78 is 6.10. The van der Waals surface area contributed by atoms with Crippen molar-refractivity contribution in [1.29, 1.82) is 0 Å². The predicted molar refractivity (Wildman–Crippen MR) is 78.5 cm³/mol. The Labute approximate surface area is 118 Å². The van der Waals surface area contributed by atoms with Gasteiger partial charge in [-0.05, 0) is 51.6 Å². The van der Waals surface area contributed by atoms with Gasteiger partial charge in [-0.15, -0.1) is 0 Å². The van der Waals surface area contributed by atoms with Gasteiger partial charge in [-0.25, -0.2) is 0 Å². The lowest BCUT2D eigenvalue weighted by atomic mass is 9.89. The number of likely N-dealkylation sites (tertiary alicyclic amines) is 1. The summed E-state index contributed by atoms with van der Waals surface area (Å²) in [6, 6.07) is 0.705. The minimum absolute atomic E-state index is 0.265. The number of piperidine rings is 1. The monoisotopic (exact) mass is 266 g/mol. The largest absolute Gasteiger partial charge is 0.375 e. The van der Waals surface area contributed by atoms with Gasteiger partial charge in [-0.1, -0.05) is 19.3 Å². The van der Waals surface area contributed by atoms with Crippen LogP contribution in [0.4, 0.5) is 0 Å². The van der Waals surface area contributed by atoms with Crippen molar-refractivity contribution < 1.29 is 4.74 Å². The first-order valence-corrected chi connectivity index (χ1v) is 8.46. The van der Waals surface area contributed by atoms with Gasteiger partial charge in [0.2, 0.25) is 0 Å². The van der Waals surface area contributed by atoms with Gasteiger partial charge < -0.3 is 15.0 Å². The molecule has 0 radical (unpaired) electrons. The highest BCUT2D eigenvalue weighted by Crippen LogP contribution is 2.39. The van der Waals surface area contributed by atoms with E-state index in [9.17, 15) is 0 Å². The summed E-state index contributed by atoms with van der Waals surface area (Å²) in [7, 11) is 0. The molecular formula is C16H30N2O. The van der Waals surface area contributed by atoms with E-state index in [0.717, 1.165) is 6.61 Å². The van der Waals surface area contributed by atoms with E-state index in [4.69, 9.17) is 4.74 Å². The molecule has 1 spiro atoms. The summed E-state index contributed by atoms with van der Waals surface area (Å²) in [5.74, 6) is 0. The third-order valence-electron chi connectivity index (χ3n) is 5.32. The van der Waals surface area contributed by atoms with Gasteiger partial charge in [-0.2, -0.15) is 0 Å². The standard InChI is InChI=1S/C16H30N2O/c1-4-10-18(11-5-1)12-9-17-15-6-13-19-16(14-15)7-2-3-8-16/h15,17H,1-14H2. The fraction of sp³-hybridized carbons (Fsp3) is 1.00. The van der Waals surface area contributed by atoms with Crippen LogP contribution in [0.3, 0.4) is 0 Å². The van der Waals surface area contributed by atoms with E-state index in [2.05, 4.69) is 10.2 Å². The lowest BCUT2D eigenvalue weighted by Crippen LogP contribution is -2.47. The zero-order valence-corrected chi connectivity index (χ0v) is 12.3. The van der Waals surface area contributed by atoms with Crippen molar-refractivity contribution in [2.45, 2.75) is 69.4 Å². The van der Waals surface area contributed by atoms with Crippen molar-refractivity contribution in [3.8, 4) is 0 Å². The number of rotatable bonds is 4. The maximum absolute atomic E-state index is 6.10. The van der Waals surface area contributed by atoms with E-state index < -0.39 is 0 Å². The summed E-state index contributed by atoms with van der Waals surface area (Å²) in [5.41, 5.74) is 0.265. The summed E-state index contributed by atoms with van der Waals surface area (Å²) in [6.45, 7) is 6.02. The van der Waals surface area contributed by atoms with E-state index in [1.807, 2.05) is 0 Å². The first kappa shape index (κ1) is 13.8. The molecule has 2 saturated heterocycles. The Hall–Kier alpha value is -0.120. The van der Waals surface area contributed by atoms with E-state index in [0.29, 0.717) is 6.04 Å². The molecule has 1 saturated carbocycles. The molecule has 2 aliphatic heterocycles. The van der Waals surface area contributed by atoms with Crippen LogP contribution in [0.15, 0.2) is 0 Å². The quantitative estimate of drug-likeness (QED) is 0.846. The molecular weight excluding hydrogens is 236 g/mol. The number of nitrogens with zero attached hydrogens (tertiary/aromatic N) is 1. The molecule has 0 bridgehead atoms. The number of hydrogen-bond donors (Lipinski definition) is 1. The molecule has 1 N–H and O–H groups in total. The molecule has 3 heteroatoms. The molecule has 0 amide bonds. The molecule has 3 nitrogen and oxygen atoms in total. The highest BCUT2D eigenvalue weighted by Gasteiger charge is 2.39. The van der Waals surface area contributed by atoms with Gasteiger partial charge >= 0.3 is 0 Å². The highest BCUT2D eigenvalue weighted by molar-refractivity contribution is 4.93. The second-order valence-electron chi connectivity index (χ2n) is 6.78. The fourth-order valence-electron chi connectivity index (χ4n) is 4.18. The highest BCUT2D eigenvalue weighted by atomic mass is 16.5. The molecule has 19 heavy (non-hydrogen) atoms. The van der Waals surface area contributed by atoms with Crippen molar-refractivity contribution in [1.82, 2.24) is 10.2 Å². The van der Waals surface area contributed by atoms with Gasteiger partial charge in [0.15, 0.2) is 0 Å². The lowest BCUT2D eigenvalue weighted by molar-refractivity contribution is -0.0836. The molecule has 3 aliphatic rings. The van der Waals surface area contributed by atoms with Crippen molar-refractivity contribution in [2.75, 3.05) is 32.8 Å². The first-order chi connectivity index (χ1) is 9.36. The van der Waals surface area contributed by atoms with Gasteiger partial charge in [0.1, 0.15) is 0 Å². The SMILES string of the molecule is C1CCN(CCNC2CCOC3(CCCC3)C2)CC1. The summed E-state index contributed by atoms with van der Waals surface area (Å²) in [4.78, 5) is 2.63. The Morgan fingerprint density at radius 2 is 1.84 bits per heavy atom. The molecule has 3 fully saturated rings. The normalized spacial score (nSPS) is 31.9. The minimum Gasteiger partial charge on any atom is -0.375 e. The average molecular weight is 266 g/mol. The van der Waals surface area contributed by atoms with Crippen LogP contribution in [0.5, 0.6) is 0 Å². The van der Waals surface area contributed by atoms with E-state index in [-0.39, 0.29) is 5.60 Å². The van der Waals surface area contributed by atoms with Gasteiger partial charge in [0, 0.05) is 25.7 Å². The summed E-state index contributed by atoms with van der Waals surface area (Å²) in [5, 5.41) is 3.80. The van der Waals surface area contributed by atoms with Crippen molar-refractivity contribution in [3.63, 3.8) is 0 Å². The third-order valence-corrected chi connectivity index (χ3v) is 5.32. The number of hydrogen-bond acceptors (Lipinski definition) is 3. The zero-order chi connectivity index (χ0) is 13.0. The Morgan fingerprint density at radius 1 is 1.05 bits per heavy atom. The maximum Gasteiger partial charge on any atom is 0.0697 e. The predicted octanol–water partition coefficient (Wildman–Crippen LogP) is 2.55. The maximum atomic E-state index is 6.10. The average Bonchev–Trinajstić information content (AvgIpc) is 2.88. The Morgan fingerprint density at radius 3 is 2.63 bits per heavy atom.